The summed E-state index contributed by atoms with van der Waals surface area (Å²) in [5, 5.41) is 0. The molecule has 3 heterocycles. The summed E-state index contributed by atoms with van der Waals surface area (Å²) in [5.74, 6) is 0.225. The molecule has 0 spiro atoms. The third-order valence-electron chi connectivity index (χ3n) is 4.75. The highest BCUT2D eigenvalue weighted by Crippen LogP contribution is 2.35. The first-order chi connectivity index (χ1) is 11.0. The summed E-state index contributed by atoms with van der Waals surface area (Å²) in [4.78, 5) is 18.3. The van der Waals surface area contributed by atoms with Crippen molar-refractivity contribution >= 4 is 15.9 Å². The lowest BCUT2D eigenvalue weighted by Crippen LogP contribution is -2.40. The number of nitrogens with zero attached hydrogens (tertiary/aromatic N) is 3. The number of sulfonamides is 1. The van der Waals surface area contributed by atoms with Gasteiger partial charge in [0, 0.05) is 31.9 Å². The number of carbonyl (C=O) groups excluding carboxylic acids is 1. The third kappa shape index (κ3) is 3.26. The summed E-state index contributed by atoms with van der Waals surface area (Å²) in [6, 6.07) is 3.60. The van der Waals surface area contributed by atoms with Crippen LogP contribution in [0.3, 0.4) is 0 Å². The van der Waals surface area contributed by atoms with Crippen LogP contribution in [0.1, 0.15) is 38.2 Å². The number of carbonyl (C=O) groups is 1. The molecule has 7 heteroatoms. The molecule has 126 valence electrons. The Labute approximate surface area is 137 Å². The number of hydrogen-bond donors (Lipinski definition) is 0. The predicted octanol–water partition coefficient (Wildman–Crippen LogP) is 1.39. The Morgan fingerprint density at radius 2 is 2.17 bits per heavy atom. The average Bonchev–Trinajstić information content (AvgIpc) is 3.07. The lowest BCUT2D eigenvalue weighted by molar-refractivity contribution is -0.129. The Balaban J connectivity index is 1.74. The van der Waals surface area contributed by atoms with E-state index >= 15 is 0 Å². The van der Waals surface area contributed by atoms with Gasteiger partial charge in [0.05, 0.1) is 17.8 Å². The fourth-order valence-corrected chi connectivity index (χ4v) is 5.47. The van der Waals surface area contributed by atoms with Gasteiger partial charge in [0.15, 0.2) is 0 Å². The van der Waals surface area contributed by atoms with Crippen LogP contribution in [-0.2, 0) is 21.4 Å². The number of pyridine rings is 1. The highest BCUT2D eigenvalue weighted by atomic mass is 32.2. The van der Waals surface area contributed by atoms with Gasteiger partial charge < -0.3 is 4.90 Å². The number of fused-ring (bicyclic) bond motifs is 1. The maximum atomic E-state index is 12.5. The molecule has 2 aliphatic rings. The van der Waals surface area contributed by atoms with Crippen LogP contribution < -0.4 is 0 Å². The quantitative estimate of drug-likeness (QED) is 0.786. The van der Waals surface area contributed by atoms with E-state index in [-0.39, 0.29) is 23.7 Å². The molecule has 0 unspecified atom stereocenters. The van der Waals surface area contributed by atoms with Gasteiger partial charge >= 0.3 is 0 Å². The molecule has 3 rings (SSSR count). The minimum Gasteiger partial charge on any atom is -0.334 e. The van der Waals surface area contributed by atoms with E-state index in [1.54, 1.807) is 16.7 Å². The summed E-state index contributed by atoms with van der Waals surface area (Å²) >= 11 is 0. The first kappa shape index (κ1) is 16.4. The van der Waals surface area contributed by atoms with Crippen LogP contribution in [0.2, 0.25) is 0 Å². The van der Waals surface area contributed by atoms with Gasteiger partial charge in [-0.25, -0.2) is 8.42 Å². The Bertz CT molecular complexity index is 662. The molecule has 2 atom stereocenters. The van der Waals surface area contributed by atoms with Crippen LogP contribution in [0.5, 0.6) is 0 Å². The van der Waals surface area contributed by atoms with Crippen LogP contribution in [0.4, 0.5) is 0 Å². The van der Waals surface area contributed by atoms with Gasteiger partial charge in [-0.1, -0.05) is 19.4 Å². The maximum Gasteiger partial charge on any atom is 0.224 e. The molecule has 2 aliphatic heterocycles. The minimum atomic E-state index is -3.25. The molecule has 2 saturated heterocycles. The highest BCUT2D eigenvalue weighted by molar-refractivity contribution is 7.89. The Hall–Kier alpha value is -1.47. The summed E-state index contributed by atoms with van der Waals surface area (Å²) in [6.07, 6.45) is 6.01. The molecule has 0 bridgehead atoms. The summed E-state index contributed by atoms with van der Waals surface area (Å²) in [6.45, 7) is 3.02. The molecular weight excluding hydrogens is 314 g/mol. The summed E-state index contributed by atoms with van der Waals surface area (Å²) in [7, 11) is -3.25. The fourth-order valence-electron chi connectivity index (χ4n) is 3.58. The van der Waals surface area contributed by atoms with E-state index in [1.165, 1.54) is 0 Å². The highest BCUT2D eigenvalue weighted by Gasteiger charge is 2.50. The molecule has 6 nitrogen and oxygen atoms in total. The number of hydrogen-bond acceptors (Lipinski definition) is 4. The number of aromatic nitrogens is 1. The molecular formula is C16H23N3O3S. The van der Waals surface area contributed by atoms with Crippen LogP contribution in [0, 0.1) is 0 Å². The Kier molecular flexibility index (Phi) is 4.68. The van der Waals surface area contributed by atoms with Gasteiger partial charge in [-0.3, -0.25) is 9.78 Å². The first-order valence-electron chi connectivity index (χ1n) is 8.21. The predicted molar refractivity (Wildman–Crippen MR) is 87.0 cm³/mol. The van der Waals surface area contributed by atoms with Gasteiger partial charge in [0.25, 0.3) is 0 Å². The summed E-state index contributed by atoms with van der Waals surface area (Å²) in [5.41, 5.74) is 0.980. The van der Waals surface area contributed by atoms with Gasteiger partial charge in [-0.05, 0) is 24.5 Å². The monoisotopic (exact) mass is 337 g/mol. The number of unbranched alkanes of at least 4 members (excludes halogenated alkanes) is 1. The number of rotatable bonds is 6. The molecule has 2 fully saturated rings. The number of amides is 1. The van der Waals surface area contributed by atoms with Crippen molar-refractivity contribution in [2.24, 2.45) is 0 Å². The molecule has 0 saturated carbocycles. The van der Waals surface area contributed by atoms with E-state index < -0.39 is 10.0 Å². The lowest BCUT2D eigenvalue weighted by Gasteiger charge is -2.25. The van der Waals surface area contributed by atoms with Crippen molar-refractivity contribution in [2.75, 3.05) is 12.3 Å². The van der Waals surface area contributed by atoms with Crippen molar-refractivity contribution in [2.45, 2.75) is 51.2 Å². The molecule has 1 aromatic heterocycles. The molecule has 0 aliphatic carbocycles. The van der Waals surface area contributed by atoms with Crippen molar-refractivity contribution in [1.82, 2.24) is 14.2 Å². The van der Waals surface area contributed by atoms with Crippen LogP contribution >= 0.6 is 0 Å². The first-order valence-corrected chi connectivity index (χ1v) is 9.81. The van der Waals surface area contributed by atoms with E-state index in [0.717, 1.165) is 18.4 Å². The Morgan fingerprint density at radius 3 is 2.87 bits per heavy atom. The van der Waals surface area contributed by atoms with Crippen molar-refractivity contribution < 1.29 is 13.2 Å². The van der Waals surface area contributed by atoms with Crippen molar-refractivity contribution in [3.8, 4) is 0 Å². The Morgan fingerprint density at radius 1 is 1.35 bits per heavy atom. The van der Waals surface area contributed by atoms with Gasteiger partial charge in [0.2, 0.25) is 15.9 Å². The molecule has 0 N–H and O–H groups in total. The van der Waals surface area contributed by atoms with Gasteiger partial charge in [-0.15, -0.1) is 0 Å². The van der Waals surface area contributed by atoms with E-state index in [0.29, 0.717) is 25.9 Å². The number of likely N-dealkylation sites (tertiary alicyclic amines) is 1. The topological polar surface area (TPSA) is 70.6 Å². The zero-order valence-electron chi connectivity index (χ0n) is 13.4. The second-order valence-electron chi connectivity index (χ2n) is 6.29. The minimum absolute atomic E-state index is 0.000826. The van der Waals surface area contributed by atoms with Crippen LogP contribution in [0.15, 0.2) is 24.5 Å². The van der Waals surface area contributed by atoms with Gasteiger partial charge in [0.1, 0.15) is 0 Å². The van der Waals surface area contributed by atoms with Crippen LogP contribution in [0.25, 0.3) is 0 Å². The zero-order chi connectivity index (χ0) is 16.4. The average molecular weight is 337 g/mol. The van der Waals surface area contributed by atoms with Crippen LogP contribution in [-0.4, -0.2) is 52.9 Å². The molecule has 0 radical (unpaired) electrons. The molecule has 0 aromatic carbocycles. The zero-order valence-corrected chi connectivity index (χ0v) is 14.2. The van der Waals surface area contributed by atoms with Crippen molar-refractivity contribution in [1.29, 1.82) is 0 Å². The standard InChI is InChI=1S/C16H23N3O3S/c1-2-3-9-23(21,22)19-8-6-14-15(19)10-16(20)18(14)12-13-5-4-7-17-11-13/h4-5,7,11,14-15H,2-3,6,8-10,12H2,1H3/t14-,15+/m1/s1. The lowest BCUT2D eigenvalue weighted by atomic mass is 10.1. The second-order valence-corrected chi connectivity index (χ2v) is 8.33. The fraction of sp³-hybridized carbons (Fsp3) is 0.625. The molecule has 1 aromatic rings. The normalized spacial score (nSPS) is 25.1. The van der Waals surface area contributed by atoms with E-state index in [4.69, 9.17) is 0 Å². The van der Waals surface area contributed by atoms with E-state index in [1.807, 2.05) is 24.0 Å². The summed E-state index contributed by atoms with van der Waals surface area (Å²) < 4.78 is 26.6. The maximum absolute atomic E-state index is 12.5. The van der Waals surface area contributed by atoms with E-state index in [2.05, 4.69) is 4.98 Å². The van der Waals surface area contributed by atoms with Crippen molar-refractivity contribution in [3.63, 3.8) is 0 Å². The molecule has 23 heavy (non-hydrogen) atoms. The largest absolute Gasteiger partial charge is 0.334 e. The third-order valence-corrected chi connectivity index (χ3v) is 6.73. The van der Waals surface area contributed by atoms with Crippen molar-refractivity contribution in [3.05, 3.63) is 30.1 Å². The molecule has 1 amide bonds. The van der Waals surface area contributed by atoms with E-state index in [9.17, 15) is 13.2 Å². The second kappa shape index (κ2) is 6.57. The van der Waals surface area contributed by atoms with Gasteiger partial charge in [-0.2, -0.15) is 4.31 Å². The smallest absolute Gasteiger partial charge is 0.224 e. The SMILES string of the molecule is CCCCS(=O)(=O)N1CC[C@@H]2[C@@H]1CC(=O)N2Cc1cccnc1.